The van der Waals surface area contributed by atoms with Crippen molar-refractivity contribution < 1.29 is 14.3 Å². The van der Waals surface area contributed by atoms with Crippen LogP contribution in [0.2, 0.25) is 5.02 Å². The molecule has 0 radical (unpaired) electrons. The first kappa shape index (κ1) is 16.1. The molecule has 0 aliphatic carbocycles. The second-order valence-electron chi connectivity index (χ2n) is 5.34. The minimum Gasteiger partial charge on any atom is -0.489 e. The van der Waals surface area contributed by atoms with Gasteiger partial charge in [0.1, 0.15) is 18.1 Å². The van der Waals surface area contributed by atoms with Crippen LogP contribution < -0.4 is 10.1 Å². The third-order valence-corrected chi connectivity index (χ3v) is 3.84. The van der Waals surface area contributed by atoms with Crippen molar-refractivity contribution in [2.75, 3.05) is 7.05 Å². The summed E-state index contributed by atoms with van der Waals surface area (Å²) in [6.45, 7) is 0.441. The lowest BCUT2D eigenvalue weighted by Gasteiger charge is -2.07. The number of benzene rings is 2. The first-order chi connectivity index (χ1) is 11.5. The van der Waals surface area contributed by atoms with E-state index in [0.717, 1.165) is 16.0 Å². The van der Waals surface area contributed by atoms with Crippen LogP contribution in [0.25, 0.3) is 6.08 Å². The van der Waals surface area contributed by atoms with Gasteiger partial charge in [-0.2, -0.15) is 0 Å². The van der Waals surface area contributed by atoms with Crippen LogP contribution in [0, 0.1) is 0 Å². The number of carbonyl (C=O) groups excluding carboxylic acids is 2. The predicted octanol–water partition coefficient (Wildman–Crippen LogP) is 3.44. The fourth-order valence-electron chi connectivity index (χ4n) is 2.20. The molecule has 5 nitrogen and oxygen atoms in total. The van der Waals surface area contributed by atoms with Crippen LogP contribution >= 0.6 is 11.6 Å². The lowest BCUT2D eigenvalue weighted by Crippen LogP contribution is -2.25. The first-order valence-electron chi connectivity index (χ1n) is 7.31. The number of nitrogens with zero attached hydrogens (tertiary/aromatic N) is 1. The van der Waals surface area contributed by atoms with E-state index in [2.05, 4.69) is 5.32 Å². The third-order valence-electron chi connectivity index (χ3n) is 3.59. The molecule has 1 saturated heterocycles. The molecule has 1 N–H and O–H groups in total. The molecule has 1 aliphatic rings. The Hall–Kier alpha value is -2.79. The van der Waals surface area contributed by atoms with E-state index in [1.807, 2.05) is 48.5 Å². The van der Waals surface area contributed by atoms with Gasteiger partial charge in [0.2, 0.25) is 0 Å². The van der Waals surface area contributed by atoms with E-state index < -0.39 is 6.03 Å². The normalized spacial score (nSPS) is 15.8. The number of ether oxygens (including phenoxy) is 1. The first-order valence-corrected chi connectivity index (χ1v) is 7.69. The maximum Gasteiger partial charge on any atom is 0.328 e. The standard InChI is InChI=1S/C18H15ClN2O3/c1-21-17(22)16(20-18(21)23)10-12-4-8-15(9-5-12)24-11-13-2-6-14(19)7-3-13/h2-10H,11H2,1H3,(H,20,23)/b16-10+. The summed E-state index contributed by atoms with van der Waals surface area (Å²) < 4.78 is 5.70. The maximum absolute atomic E-state index is 11.8. The minimum atomic E-state index is -0.422. The molecule has 0 spiro atoms. The topological polar surface area (TPSA) is 58.6 Å². The Kier molecular flexibility index (Phi) is 4.53. The number of hydrogen-bond donors (Lipinski definition) is 1. The molecule has 122 valence electrons. The number of amides is 3. The van der Waals surface area contributed by atoms with E-state index in [-0.39, 0.29) is 11.6 Å². The Morgan fingerprint density at radius 1 is 1.08 bits per heavy atom. The van der Waals surface area contributed by atoms with Crippen molar-refractivity contribution in [3.63, 3.8) is 0 Å². The van der Waals surface area contributed by atoms with Gasteiger partial charge in [0.15, 0.2) is 0 Å². The zero-order chi connectivity index (χ0) is 17.1. The van der Waals surface area contributed by atoms with Crippen molar-refractivity contribution in [1.82, 2.24) is 10.2 Å². The van der Waals surface area contributed by atoms with Gasteiger partial charge in [-0.05, 0) is 41.5 Å². The summed E-state index contributed by atoms with van der Waals surface area (Å²) >= 11 is 5.84. The van der Waals surface area contributed by atoms with Crippen LogP contribution in [0.3, 0.4) is 0 Å². The highest BCUT2D eigenvalue weighted by molar-refractivity contribution is 6.30. The number of halogens is 1. The van der Waals surface area contributed by atoms with E-state index in [1.54, 1.807) is 6.08 Å². The fraction of sp³-hybridized carbons (Fsp3) is 0.111. The molecular weight excluding hydrogens is 328 g/mol. The van der Waals surface area contributed by atoms with Crippen molar-refractivity contribution in [2.45, 2.75) is 6.61 Å². The zero-order valence-corrected chi connectivity index (χ0v) is 13.7. The lowest BCUT2D eigenvalue weighted by atomic mass is 10.2. The molecule has 0 aromatic heterocycles. The maximum atomic E-state index is 11.8. The summed E-state index contributed by atoms with van der Waals surface area (Å²) in [5, 5.41) is 3.21. The molecule has 3 amide bonds. The summed E-state index contributed by atoms with van der Waals surface area (Å²) in [5.74, 6) is 0.370. The zero-order valence-electron chi connectivity index (χ0n) is 13.0. The molecule has 0 bridgehead atoms. The lowest BCUT2D eigenvalue weighted by molar-refractivity contribution is -0.121. The number of likely N-dealkylation sites (N-methyl/N-ethyl adjacent to an activating group) is 1. The minimum absolute atomic E-state index is 0.261. The largest absolute Gasteiger partial charge is 0.489 e. The average Bonchev–Trinajstić information content (AvgIpc) is 2.83. The molecule has 0 unspecified atom stereocenters. The number of imide groups is 1. The molecule has 3 rings (SSSR count). The van der Waals surface area contributed by atoms with Crippen molar-refractivity contribution in [2.24, 2.45) is 0 Å². The van der Waals surface area contributed by atoms with Gasteiger partial charge in [-0.1, -0.05) is 35.9 Å². The van der Waals surface area contributed by atoms with E-state index in [0.29, 0.717) is 17.4 Å². The highest BCUT2D eigenvalue weighted by Crippen LogP contribution is 2.18. The van der Waals surface area contributed by atoms with Gasteiger partial charge < -0.3 is 10.1 Å². The molecule has 1 aliphatic heterocycles. The summed E-state index contributed by atoms with van der Waals surface area (Å²) in [4.78, 5) is 24.3. The summed E-state index contributed by atoms with van der Waals surface area (Å²) in [6.07, 6.45) is 1.63. The molecule has 0 atom stereocenters. The van der Waals surface area contributed by atoms with Crippen molar-refractivity contribution in [3.8, 4) is 5.75 Å². The van der Waals surface area contributed by atoms with Crippen LogP contribution in [-0.2, 0) is 11.4 Å². The molecule has 1 heterocycles. The summed E-state index contributed by atoms with van der Waals surface area (Å²) in [5.41, 5.74) is 2.08. The molecular formula is C18H15ClN2O3. The van der Waals surface area contributed by atoms with Crippen LogP contribution in [0.15, 0.2) is 54.2 Å². The molecule has 24 heavy (non-hydrogen) atoms. The highest BCUT2D eigenvalue weighted by Gasteiger charge is 2.29. The average molecular weight is 343 g/mol. The molecule has 1 fully saturated rings. The number of nitrogens with one attached hydrogen (secondary N) is 1. The van der Waals surface area contributed by atoms with E-state index in [1.165, 1.54) is 7.05 Å². The van der Waals surface area contributed by atoms with Crippen molar-refractivity contribution in [3.05, 3.63) is 70.4 Å². The monoisotopic (exact) mass is 342 g/mol. The van der Waals surface area contributed by atoms with Gasteiger partial charge >= 0.3 is 6.03 Å². The Balaban J connectivity index is 1.64. The second-order valence-corrected chi connectivity index (χ2v) is 5.77. The Morgan fingerprint density at radius 3 is 2.33 bits per heavy atom. The van der Waals surface area contributed by atoms with Crippen LogP contribution in [0.1, 0.15) is 11.1 Å². The molecule has 0 saturated carbocycles. The third kappa shape index (κ3) is 3.58. The van der Waals surface area contributed by atoms with Gasteiger partial charge in [0.05, 0.1) is 0 Å². The fourth-order valence-corrected chi connectivity index (χ4v) is 2.32. The quantitative estimate of drug-likeness (QED) is 0.684. The number of carbonyl (C=O) groups is 2. The summed E-state index contributed by atoms with van der Waals surface area (Å²) in [6, 6.07) is 14.3. The van der Waals surface area contributed by atoms with E-state index in [9.17, 15) is 9.59 Å². The Bertz CT molecular complexity index is 798. The van der Waals surface area contributed by atoms with Crippen LogP contribution in [-0.4, -0.2) is 23.9 Å². The molecule has 2 aromatic carbocycles. The van der Waals surface area contributed by atoms with Gasteiger partial charge in [-0.15, -0.1) is 0 Å². The Morgan fingerprint density at radius 2 is 1.75 bits per heavy atom. The van der Waals surface area contributed by atoms with Gasteiger partial charge in [0, 0.05) is 12.1 Å². The smallest absolute Gasteiger partial charge is 0.328 e. The number of hydrogen-bond acceptors (Lipinski definition) is 3. The van der Waals surface area contributed by atoms with Crippen LogP contribution in [0.5, 0.6) is 5.75 Å². The highest BCUT2D eigenvalue weighted by atomic mass is 35.5. The van der Waals surface area contributed by atoms with Gasteiger partial charge in [-0.3, -0.25) is 9.69 Å². The van der Waals surface area contributed by atoms with E-state index >= 15 is 0 Å². The second kappa shape index (κ2) is 6.76. The van der Waals surface area contributed by atoms with Gasteiger partial charge in [0.25, 0.3) is 5.91 Å². The Labute approximate surface area is 144 Å². The molecule has 6 heteroatoms. The van der Waals surface area contributed by atoms with Crippen LogP contribution in [0.4, 0.5) is 4.79 Å². The van der Waals surface area contributed by atoms with Gasteiger partial charge in [-0.25, -0.2) is 4.79 Å². The number of urea groups is 1. The summed E-state index contributed by atoms with van der Waals surface area (Å²) in [7, 11) is 1.44. The van der Waals surface area contributed by atoms with E-state index in [4.69, 9.17) is 16.3 Å². The molecule has 2 aromatic rings. The predicted molar refractivity (Wildman–Crippen MR) is 91.5 cm³/mol. The number of rotatable bonds is 4. The SMILES string of the molecule is CN1C(=O)N/C(=C/c2ccc(OCc3ccc(Cl)cc3)cc2)C1=O. The van der Waals surface area contributed by atoms with Crippen molar-refractivity contribution >= 4 is 29.6 Å². The van der Waals surface area contributed by atoms with Crippen molar-refractivity contribution in [1.29, 1.82) is 0 Å².